The topological polar surface area (TPSA) is 30.5 Å². The summed E-state index contributed by atoms with van der Waals surface area (Å²) in [5, 5.41) is 3.15. The lowest BCUT2D eigenvalue weighted by Crippen LogP contribution is -2.18. The Morgan fingerprint density at radius 1 is 0.714 bits per heavy atom. The minimum atomic E-state index is -0.0404. The van der Waals surface area contributed by atoms with Crippen LogP contribution in [-0.4, -0.2) is 20.3 Å². The fraction of sp³-hybridized carbons (Fsp3) is 0.280. The summed E-state index contributed by atoms with van der Waals surface area (Å²) in [5.74, 6) is 1.73. The van der Waals surface area contributed by atoms with E-state index in [4.69, 9.17) is 9.47 Å². The summed E-state index contributed by atoms with van der Waals surface area (Å²) in [7, 11) is 1.94. The van der Waals surface area contributed by atoms with Crippen LogP contribution in [0.1, 0.15) is 30.5 Å². The molecule has 0 atom stereocenters. The van der Waals surface area contributed by atoms with Crippen molar-refractivity contribution in [2.75, 3.05) is 20.3 Å². The molecule has 3 aromatic rings. The highest BCUT2D eigenvalue weighted by Crippen LogP contribution is 2.32. The third-order valence-corrected chi connectivity index (χ3v) is 4.97. The van der Waals surface area contributed by atoms with Crippen molar-refractivity contribution in [3.63, 3.8) is 0 Å². The van der Waals surface area contributed by atoms with Crippen LogP contribution in [0.5, 0.6) is 11.5 Å². The molecule has 3 rings (SSSR count). The summed E-state index contributed by atoms with van der Waals surface area (Å²) in [6, 6.07) is 27.0. The molecule has 3 heteroatoms. The molecule has 0 spiro atoms. The molecule has 1 N–H and O–H groups in total. The van der Waals surface area contributed by atoms with E-state index in [-0.39, 0.29) is 5.41 Å². The Bertz CT molecular complexity index is 857. The van der Waals surface area contributed by atoms with E-state index in [0.29, 0.717) is 13.2 Å². The Labute approximate surface area is 168 Å². The van der Waals surface area contributed by atoms with E-state index >= 15 is 0 Å². The molecule has 0 fully saturated rings. The molecular weight excluding hydrogens is 346 g/mol. The van der Waals surface area contributed by atoms with E-state index in [1.54, 1.807) is 0 Å². The molecule has 0 unspecified atom stereocenters. The summed E-state index contributed by atoms with van der Waals surface area (Å²) in [4.78, 5) is 0. The Balaban J connectivity index is 1.52. The van der Waals surface area contributed by atoms with Crippen molar-refractivity contribution in [2.45, 2.75) is 25.8 Å². The van der Waals surface area contributed by atoms with Crippen molar-refractivity contribution < 1.29 is 9.47 Å². The quantitative estimate of drug-likeness (QED) is 0.522. The molecule has 28 heavy (non-hydrogen) atoms. The van der Waals surface area contributed by atoms with Crippen molar-refractivity contribution in [1.29, 1.82) is 0 Å². The minimum Gasteiger partial charge on any atom is -0.490 e. The second-order valence-corrected chi connectivity index (χ2v) is 7.39. The second-order valence-electron chi connectivity index (χ2n) is 7.39. The zero-order chi connectivity index (χ0) is 19.8. The van der Waals surface area contributed by atoms with Crippen LogP contribution >= 0.6 is 0 Å². The summed E-state index contributed by atoms with van der Waals surface area (Å²) in [6.07, 6.45) is 0. The van der Waals surface area contributed by atoms with Gasteiger partial charge in [0, 0.05) is 12.0 Å². The van der Waals surface area contributed by atoms with E-state index < -0.39 is 0 Å². The maximum absolute atomic E-state index is 5.84. The van der Waals surface area contributed by atoms with E-state index in [1.807, 2.05) is 31.3 Å². The van der Waals surface area contributed by atoms with Gasteiger partial charge >= 0.3 is 0 Å². The van der Waals surface area contributed by atoms with Crippen molar-refractivity contribution in [1.82, 2.24) is 5.32 Å². The lowest BCUT2D eigenvalue weighted by atomic mass is 9.78. The van der Waals surface area contributed by atoms with E-state index in [2.05, 4.69) is 73.8 Å². The highest BCUT2D eigenvalue weighted by molar-refractivity contribution is 5.39. The van der Waals surface area contributed by atoms with Gasteiger partial charge in [0.2, 0.25) is 0 Å². The lowest BCUT2D eigenvalue weighted by Gasteiger charge is -2.26. The van der Waals surface area contributed by atoms with Gasteiger partial charge in [-0.05, 0) is 48.0 Å². The molecule has 0 saturated heterocycles. The van der Waals surface area contributed by atoms with Crippen LogP contribution in [0.3, 0.4) is 0 Å². The molecule has 0 heterocycles. The van der Waals surface area contributed by atoms with Gasteiger partial charge in [-0.15, -0.1) is 0 Å². The Kier molecular flexibility index (Phi) is 6.72. The van der Waals surface area contributed by atoms with Gasteiger partial charge in [0.1, 0.15) is 24.7 Å². The third-order valence-electron chi connectivity index (χ3n) is 4.97. The summed E-state index contributed by atoms with van der Waals surface area (Å²) in [6.45, 7) is 6.35. The number of nitrogens with one attached hydrogen (secondary N) is 1. The van der Waals surface area contributed by atoms with Crippen molar-refractivity contribution in [2.24, 2.45) is 0 Å². The predicted octanol–water partition coefficient (Wildman–Crippen LogP) is 5.19. The third kappa shape index (κ3) is 5.14. The van der Waals surface area contributed by atoms with Gasteiger partial charge in [-0.2, -0.15) is 0 Å². The molecule has 146 valence electrons. The lowest BCUT2D eigenvalue weighted by molar-refractivity contribution is 0.217. The second kappa shape index (κ2) is 9.43. The SMILES string of the molecule is CNCc1cccc(OCCOc2ccc(C(C)(C)c3ccccc3)cc2)c1. The number of rotatable bonds is 9. The van der Waals surface area contributed by atoms with Crippen LogP contribution in [0, 0.1) is 0 Å². The Morgan fingerprint density at radius 3 is 2.04 bits per heavy atom. The van der Waals surface area contributed by atoms with Gasteiger partial charge in [0.25, 0.3) is 0 Å². The van der Waals surface area contributed by atoms with E-state index in [1.165, 1.54) is 16.7 Å². The predicted molar refractivity (Wildman–Crippen MR) is 115 cm³/mol. The number of benzene rings is 3. The zero-order valence-corrected chi connectivity index (χ0v) is 16.9. The maximum atomic E-state index is 5.84. The van der Waals surface area contributed by atoms with Crippen LogP contribution in [0.25, 0.3) is 0 Å². The molecule has 0 aliphatic rings. The number of hydrogen-bond donors (Lipinski definition) is 1. The molecule has 3 aromatic carbocycles. The standard InChI is InChI=1S/C25H29NO2/c1-25(2,21-9-5-4-6-10-21)22-12-14-23(15-13-22)27-16-17-28-24-11-7-8-20(18-24)19-26-3/h4-15,18,26H,16-17,19H2,1-3H3. The van der Waals surface area contributed by atoms with Crippen molar-refractivity contribution in [3.05, 3.63) is 95.6 Å². The normalized spacial score (nSPS) is 11.2. The average molecular weight is 376 g/mol. The molecule has 0 radical (unpaired) electrons. The molecule has 0 amide bonds. The number of ether oxygens (including phenoxy) is 2. The summed E-state index contributed by atoms with van der Waals surface area (Å²) >= 11 is 0. The highest BCUT2D eigenvalue weighted by atomic mass is 16.5. The molecule has 0 aliphatic heterocycles. The average Bonchev–Trinajstić information content (AvgIpc) is 2.73. The maximum Gasteiger partial charge on any atom is 0.122 e. The van der Waals surface area contributed by atoms with Gasteiger partial charge in [-0.25, -0.2) is 0 Å². The Morgan fingerprint density at radius 2 is 1.36 bits per heavy atom. The first-order valence-corrected chi connectivity index (χ1v) is 9.75. The first-order chi connectivity index (χ1) is 13.6. The van der Waals surface area contributed by atoms with Crippen LogP contribution in [0.15, 0.2) is 78.9 Å². The van der Waals surface area contributed by atoms with Crippen LogP contribution in [0.2, 0.25) is 0 Å². The molecule has 0 aromatic heterocycles. The van der Waals surface area contributed by atoms with Crippen LogP contribution < -0.4 is 14.8 Å². The van der Waals surface area contributed by atoms with Crippen LogP contribution in [0.4, 0.5) is 0 Å². The first kappa shape index (κ1) is 20.0. The van der Waals surface area contributed by atoms with Crippen LogP contribution in [-0.2, 0) is 12.0 Å². The first-order valence-electron chi connectivity index (χ1n) is 9.75. The van der Waals surface area contributed by atoms with Gasteiger partial charge in [0.15, 0.2) is 0 Å². The van der Waals surface area contributed by atoms with Gasteiger partial charge in [0.05, 0.1) is 0 Å². The fourth-order valence-corrected chi connectivity index (χ4v) is 3.26. The number of hydrogen-bond acceptors (Lipinski definition) is 3. The van der Waals surface area contributed by atoms with Crippen molar-refractivity contribution in [3.8, 4) is 11.5 Å². The highest BCUT2D eigenvalue weighted by Gasteiger charge is 2.22. The minimum absolute atomic E-state index is 0.0404. The Hall–Kier alpha value is -2.78. The van der Waals surface area contributed by atoms with Crippen molar-refractivity contribution >= 4 is 0 Å². The zero-order valence-electron chi connectivity index (χ0n) is 16.9. The molecule has 3 nitrogen and oxygen atoms in total. The molecular formula is C25H29NO2. The molecule has 0 aliphatic carbocycles. The molecule has 0 saturated carbocycles. The van der Waals surface area contributed by atoms with Gasteiger partial charge in [-0.3, -0.25) is 0 Å². The smallest absolute Gasteiger partial charge is 0.122 e. The summed E-state index contributed by atoms with van der Waals surface area (Å²) in [5.41, 5.74) is 3.74. The molecule has 0 bridgehead atoms. The van der Waals surface area contributed by atoms with E-state index in [9.17, 15) is 0 Å². The van der Waals surface area contributed by atoms with Gasteiger partial charge < -0.3 is 14.8 Å². The van der Waals surface area contributed by atoms with Gasteiger partial charge in [-0.1, -0.05) is 68.4 Å². The summed E-state index contributed by atoms with van der Waals surface area (Å²) < 4.78 is 11.6. The largest absolute Gasteiger partial charge is 0.490 e. The fourth-order valence-electron chi connectivity index (χ4n) is 3.26. The monoisotopic (exact) mass is 375 g/mol. The van der Waals surface area contributed by atoms with E-state index in [0.717, 1.165) is 18.0 Å².